The minimum atomic E-state index is -4.64. The van der Waals surface area contributed by atoms with E-state index in [-0.39, 0.29) is 47.8 Å². The number of methoxy groups -OCH3 is 1. The van der Waals surface area contributed by atoms with E-state index in [0.29, 0.717) is 23.2 Å². The van der Waals surface area contributed by atoms with Gasteiger partial charge in [-0.3, -0.25) is 24.4 Å². The van der Waals surface area contributed by atoms with Gasteiger partial charge in [-0.1, -0.05) is 18.7 Å². The summed E-state index contributed by atoms with van der Waals surface area (Å²) in [6.07, 6.45) is -0.0910. The molecular formula is C35H36F4N6O6. The summed E-state index contributed by atoms with van der Waals surface area (Å²) < 4.78 is 66.4. The first-order chi connectivity index (χ1) is 24.2. The Labute approximate surface area is 291 Å². The number of ether oxygens (including phenoxy) is 2. The number of pyridine rings is 1. The summed E-state index contributed by atoms with van der Waals surface area (Å²) in [4.78, 5) is 63.0. The van der Waals surface area contributed by atoms with E-state index < -0.39 is 54.0 Å². The Kier molecular flexibility index (Phi) is 11.9. The number of alkyl halides is 3. The van der Waals surface area contributed by atoms with Gasteiger partial charge in [-0.2, -0.15) is 13.2 Å². The van der Waals surface area contributed by atoms with Crippen molar-refractivity contribution in [1.29, 1.82) is 0 Å². The standard InChI is InChI=1S/C35H36F4N6O6/c1-7-23-21(8-9-27(31(23)40-3)44(5)33(48)24-10-11-41-17-28(24)43(4)19-46)15-26(34(49)50-6)42-32(47)30-20(2)14-22(16-25(30)36)45-12-13-51-18-29(45)35(37,38)39/h7-11,14,16-17,19,26,29H,1,3,12-13,15,18H2,2,4-6H3,(H,42,47). The van der Waals surface area contributed by atoms with Gasteiger partial charge in [0.05, 0.1) is 54.7 Å². The van der Waals surface area contributed by atoms with Crippen LogP contribution >= 0.6 is 0 Å². The number of nitrogens with one attached hydrogen (secondary N) is 1. The minimum absolute atomic E-state index is 0.00429. The zero-order valence-corrected chi connectivity index (χ0v) is 28.3. The molecule has 1 fully saturated rings. The van der Waals surface area contributed by atoms with E-state index in [4.69, 9.17) is 9.47 Å². The van der Waals surface area contributed by atoms with Crippen LogP contribution in [0.5, 0.6) is 0 Å². The van der Waals surface area contributed by atoms with E-state index in [0.717, 1.165) is 18.1 Å². The smallest absolute Gasteiger partial charge is 0.411 e. The highest BCUT2D eigenvalue weighted by Gasteiger charge is 2.45. The normalized spacial score (nSPS) is 15.0. The molecule has 0 radical (unpaired) electrons. The number of rotatable bonds is 12. The number of nitrogens with zero attached hydrogens (tertiary/aromatic N) is 5. The molecule has 0 aliphatic carbocycles. The van der Waals surface area contributed by atoms with Crippen LogP contribution < -0.4 is 20.0 Å². The van der Waals surface area contributed by atoms with Crippen molar-refractivity contribution in [1.82, 2.24) is 10.3 Å². The van der Waals surface area contributed by atoms with Gasteiger partial charge in [-0.15, -0.1) is 0 Å². The van der Waals surface area contributed by atoms with Gasteiger partial charge in [0.25, 0.3) is 11.8 Å². The number of halogens is 4. The molecule has 2 heterocycles. The van der Waals surface area contributed by atoms with Crippen molar-refractivity contribution in [2.75, 3.05) is 55.7 Å². The van der Waals surface area contributed by atoms with Crippen LogP contribution in [0.1, 0.15) is 37.4 Å². The molecule has 0 spiro atoms. The van der Waals surface area contributed by atoms with Gasteiger partial charge >= 0.3 is 12.1 Å². The number of hydrogen-bond donors (Lipinski definition) is 1. The maximum absolute atomic E-state index is 15.5. The van der Waals surface area contributed by atoms with E-state index >= 15 is 4.39 Å². The summed E-state index contributed by atoms with van der Waals surface area (Å²) in [6.45, 7) is 8.09. The monoisotopic (exact) mass is 712 g/mol. The molecule has 3 amide bonds. The number of benzene rings is 2. The first-order valence-electron chi connectivity index (χ1n) is 15.4. The Morgan fingerprint density at radius 1 is 1.22 bits per heavy atom. The SMILES string of the molecule is C=Cc1c(CC(NC(=O)c2c(C)cc(N3CCOCC3C(F)(F)F)cc2F)C(=O)OC)ccc(N(C)C(=O)c2ccncc2N(C)C=O)c1N=C. The number of esters is 1. The molecule has 2 atom stereocenters. The number of carbonyl (C=O) groups is 4. The number of hydrogen-bond acceptors (Lipinski definition) is 9. The predicted molar refractivity (Wildman–Crippen MR) is 183 cm³/mol. The van der Waals surface area contributed by atoms with Crippen molar-refractivity contribution in [3.05, 3.63) is 82.9 Å². The molecule has 1 aliphatic rings. The lowest BCUT2D eigenvalue weighted by atomic mass is 9.96. The van der Waals surface area contributed by atoms with Crippen molar-refractivity contribution < 1.29 is 46.2 Å². The van der Waals surface area contributed by atoms with Gasteiger partial charge in [0.1, 0.15) is 17.9 Å². The first-order valence-corrected chi connectivity index (χ1v) is 15.4. The van der Waals surface area contributed by atoms with E-state index in [1.165, 1.54) is 61.4 Å². The number of amides is 3. The summed E-state index contributed by atoms with van der Waals surface area (Å²) in [5, 5.41) is 2.48. The molecule has 2 unspecified atom stereocenters. The summed E-state index contributed by atoms with van der Waals surface area (Å²) in [6, 6.07) is 3.35. The fourth-order valence-corrected chi connectivity index (χ4v) is 5.82. The molecule has 16 heteroatoms. The van der Waals surface area contributed by atoms with Crippen LogP contribution in [-0.4, -0.2) is 95.1 Å². The third-order valence-electron chi connectivity index (χ3n) is 8.44. The van der Waals surface area contributed by atoms with Crippen LogP contribution in [0.15, 0.2) is 54.3 Å². The lowest BCUT2D eigenvalue weighted by Gasteiger charge is -2.38. The second kappa shape index (κ2) is 15.9. The fraction of sp³-hybridized carbons (Fsp3) is 0.314. The van der Waals surface area contributed by atoms with Crippen molar-refractivity contribution in [2.45, 2.75) is 31.6 Å². The predicted octanol–water partition coefficient (Wildman–Crippen LogP) is 4.66. The third-order valence-corrected chi connectivity index (χ3v) is 8.44. The zero-order valence-electron chi connectivity index (χ0n) is 28.3. The summed E-state index contributed by atoms with van der Waals surface area (Å²) in [7, 11) is 4.07. The molecule has 51 heavy (non-hydrogen) atoms. The van der Waals surface area contributed by atoms with Gasteiger partial charge in [-0.25, -0.2) is 9.18 Å². The van der Waals surface area contributed by atoms with Gasteiger partial charge in [0.2, 0.25) is 6.41 Å². The third kappa shape index (κ3) is 8.06. The number of aryl methyl sites for hydroxylation is 1. The summed E-state index contributed by atoms with van der Waals surface area (Å²) in [5.41, 5.74) is 1.25. The first kappa shape index (κ1) is 38.2. The van der Waals surface area contributed by atoms with Crippen LogP contribution in [0.3, 0.4) is 0 Å². The van der Waals surface area contributed by atoms with Gasteiger partial charge in [0, 0.05) is 44.5 Å². The fourth-order valence-electron chi connectivity index (χ4n) is 5.82. The Morgan fingerprint density at radius 2 is 1.94 bits per heavy atom. The van der Waals surface area contributed by atoms with Crippen molar-refractivity contribution in [2.24, 2.45) is 4.99 Å². The second-order valence-electron chi connectivity index (χ2n) is 11.5. The van der Waals surface area contributed by atoms with E-state index in [1.54, 1.807) is 12.1 Å². The Hall–Kier alpha value is -5.64. The molecule has 1 aromatic heterocycles. The lowest BCUT2D eigenvalue weighted by Crippen LogP contribution is -2.53. The quantitative estimate of drug-likeness (QED) is 0.124. The largest absolute Gasteiger partial charge is 0.467 e. The van der Waals surface area contributed by atoms with Crippen LogP contribution in [-0.2, 0) is 25.5 Å². The Morgan fingerprint density at radius 3 is 2.55 bits per heavy atom. The molecule has 2 aromatic carbocycles. The minimum Gasteiger partial charge on any atom is -0.467 e. The number of aromatic nitrogens is 1. The topological polar surface area (TPSA) is 134 Å². The molecular weight excluding hydrogens is 676 g/mol. The molecule has 4 rings (SSSR count). The van der Waals surface area contributed by atoms with Crippen LogP contribution in [0.2, 0.25) is 0 Å². The molecule has 270 valence electrons. The number of aliphatic imine (C=N–C) groups is 1. The average Bonchev–Trinajstić information content (AvgIpc) is 3.12. The maximum Gasteiger partial charge on any atom is 0.411 e. The number of carbonyl (C=O) groups excluding carboxylic acids is 4. The van der Waals surface area contributed by atoms with Gasteiger partial charge in [-0.05, 0) is 49.0 Å². The molecule has 0 saturated carbocycles. The Balaban J connectivity index is 1.64. The summed E-state index contributed by atoms with van der Waals surface area (Å²) in [5.74, 6) is -3.46. The van der Waals surface area contributed by atoms with Gasteiger partial charge in [0.15, 0.2) is 0 Å². The molecule has 1 aliphatic heterocycles. The van der Waals surface area contributed by atoms with Crippen LogP contribution in [0.25, 0.3) is 6.08 Å². The molecule has 0 bridgehead atoms. The Bertz CT molecular complexity index is 1830. The van der Waals surface area contributed by atoms with Crippen molar-refractivity contribution in [3.63, 3.8) is 0 Å². The average molecular weight is 713 g/mol. The second-order valence-corrected chi connectivity index (χ2v) is 11.5. The van der Waals surface area contributed by atoms with Crippen molar-refractivity contribution in [3.8, 4) is 0 Å². The van der Waals surface area contributed by atoms with E-state index in [9.17, 15) is 32.3 Å². The number of anilines is 3. The van der Waals surface area contributed by atoms with Crippen LogP contribution in [0, 0.1) is 12.7 Å². The molecule has 1 N–H and O–H groups in total. The number of morpholine rings is 1. The highest BCUT2D eigenvalue weighted by molar-refractivity contribution is 6.11. The van der Waals surface area contributed by atoms with E-state index in [1.807, 2.05) is 0 Å². The maximum atomic E-state index is 15.5. The zero-order chi connectivity index (χ0) is 37.6. The van der Waals surface area contributed by atoms with Crippen molar-refractivity contribution >= 4 is 59.7 Å². The molecule has 1 saturated heterocycles. The lowest BCUT2D eigenvalue weighted by molar-refractivity contribution is -0.167. The highest BCUT2D eigenvalue weighted by atomic mass is 19.4. The summed E-state index contributed by atoms with van der Waals surface area (Å²) >= 11 is 0. The highest BCUT2D eigenvalue weighted by Crippen LogP contribution is 2.37. The van der Waals surface area contributed by atoms with Crippen LogP contribution in [0.4, 0.5) is 40.3 Å². The molecule has 3 aromatic rings. The molecule has 12 nitrogen and oxygen atoms in total. The van der Waals surface area contributed by atoms with Gasteiger partial charge < -0.3 is 29.5 Å². The van der Waals surface area contributed by atoms with E-state index in [2.05, 4.69) is 28.6 Å².